The smallest absolute Gasteiger partial charge is 0.266 e. The first-order valence-electron chi connectivity index (χ1n) is 7.14. The van der Waals surface area contributed by atoms with E-state index in [0.29, 0.717) is 23.5 Å². The number of benzene rings is 1. The van der Waals surface area contributed by atoms with Crippen LogP contribution < -0.4 is 5.32 Å². The summed E-state index contributed by atoms with van der Waals surface area (Å²) in [7, 11) is 0. The first kappa shape index (κ1) is 13.7. The molecule has 1 aromatic carbocycles. The van der Waals surface area contributed by atoms with Crippen molar-refractivity contribution < 1.29 is 4.42 Å². The van der Waals surface area contributed by atoms with Crippen LogP contribution in [-0.4, -0.2) is 27.8 Å². The average Bonchev–Trinajstić information content (AvgIpc) is 2.95. The molecule has 0 saturated carbocycles. The Kier molecular flexibility index (Phi) is 3.92. The van der Waals surface area contributed by atoms with Gasteiger partial charge < -0.3 is 9.73 Å². The van der Waals surface area contributed by atoms with Crippen LogP contribution in [0.1, 0.15) is 19.7 Å². The van der Waals surface area contributed by atoms with Crippen LogP contribution in [0, 0.1) is 0 Å². The van der Waals surface area contributed by atoms with E-state index in [1.165, 1.54) is 0 Å². The summed E-state index contributed by atoms with van der Waals surface area (Å²) in [6.07, 6.45) is 0.721. The van der Waals surface area contributed by atoms with Gasteiger partial charge in [0.05, 0.1) is 5.52 Å². The van der Waals surface area contributed by atoms with E-state index in [1.807, 2.05) is 36.4 Å². The molecule has 0 fully saturated rings. The number of nitrogens with one attached hydrogen (secondary N) is 1. The number of aromatic nitrogens is 3. The Morgan fingerprint density at radius 2 is 1.95 bits per heavy atom. The van der Waals surface area contributed by atoms with Crippen molar-refractivity contribution in [3.05, 3.63) is 42.3 Å². The number of rotatable bonds is 5. The molecule has 0 amide bonds. The van der Waals surface area contributed by atoms with E-state index in [2.05, 4.69) is 34.3 Å². The van der Waals surface area contributed by atoms with Crippen LogP contribution in [0.4, 0.5) is 0 Å². The molecule has 5 heteroatoms. The number of hydrogen-bond donors (Lipinski definition) is 1. The Morgan fingerprint density at radius 3 is 2.81 bits per heavy atom. The van der Waals surface area contributed by atoms with Crippen molar-refractivity contribution in [2.75, 3.05) is 6.54 Å². The molecule has 3 rings (SSSR count). The predicted octanol–water partition coefficient (Wildman–Crippen LogP) is 2.83. The summed E-state index contributed by atoms with van der Waals surface area (Å²) in [4.78, 5) is 4.56. The third-order valence-corrected chi connectivity index (χ3v) is 3.18. The van der Waals surface area contributed by atoms with E-state index in [9.17, 15) is 0 Å². The summed E-state index contributed by atoms with van der Waals surface area (Å²) in [5.74, 6) is 1.11. The van der Waals surface area contributed by atoms with Crippen LogP contribution in [0.3, 0.4) is 0 Å². The molecule has 0 radical (unpaired) electrons. The minimum atomic E-state index is 0.453. The van der Waals surface area contributed by atoms with Crippen molar-refractivity contribution >= 4 is 10.9 Å². The minimum absolute atomic E-state index is 0.453. The van der Waals surface area contributed by atoms with Crippen molar-refractivity contribution in [2.45, 2.75) is 26.3 Å². The first-order chi connectivity index (χ1) is 10.2. The second-order valence-corrected chi connectivity index (χ2v) is 5.25. The van der Waals surface area contributed by atoms with Gasteiger partial charge in [-0.2, -0.15) is 0 Å². The number of pyridine rings is 1. The summed E-state index contributed by atoms with van der Waals surface area (Å²) in [5, 5.41) is 12.6. The molecule has 0 aliphatic rings. The van der Waals surface area contributed by atoms with Crippen molar-refractivity contribution in [3.8, 4) is 11.6 Å². The number of hydrogen-bond acceptors (Lipinski definition) is 5. The van der Waals surface area contributed by atoms with Crippen molar-refractivity contribution in [1.29, 1.82) is 0 Å². The molecule has 108 valence electrons. The lowest BCUT2D eigenvalue weighted by Crippen LogP contribution is -2.25. The van der Waals surface area contributed by atoms with Gasteiger partial charge in [0.15, 0.2) is 0 Å². The number of nitrogens with zero attached hydrogens (tertiary/aromatic N) is 3. The summed E-state index contributed by atoms with van der Waals surface area (Å²) < 4.78 is 5.68. The Hall–Kier alpha value is -2.27. The van der Waals surface area contributed by atoms with E-state index >= 15 is 0 Å². The Balaban J connectivity index is 1.77. The molecule has 2 aromatic heterocycles. The van der Waals surface area contributed by atoms with Crippen LogP contribution in [-0.2, 0) is 6.42 Å². The predicted molar refractivity (Wildman–Crippen MR) is 81.9 cm³/mol. The van der Waals surface area contributed by atoms with E-state index in [0.717, 1.165) is 23.9 Å². The Labute approximate surface area is 123 Å². The van der Waals surface area contributed by atoms with Gasteiger partial charge in [0.1, 0.15) is 5.69 Å². The molecule has 0 atom stereocenters. The molecule has 0 bridgehead atoms. The van der Waals surface area contributed by atoms with E-state index in [4.69, 9.17) is 4.42 Å². The van der Waals surface area contributed by atoms with Crippen LogP contribution in [0.15, 0.2) is 40.8 Å². The number of para-hydroxylation sites is 1. The maximum atomic E-state index is 5.68. The third kappa shape index (κ3) is 3.25. The van der Waals surface area contributed by atoms with Crippen LogP contribution >= 0.6 is 0 Å². The molecule has 3 aromatic rings. The summed E-state index contributed by atoms with van der Waals surface area (Å²) >= 11 is 0. The summed E-state index contributed by atoms with van der Waals surface area (Å²) in [5.41, 5.74) is 1.64. The number of fused-ring (bicyclic) bond motifs is 1. The highest BCUT2D eigenvalue weighted by Crippen LogP contribution is 2.19. The second kappa shape index (κ2) is 6.01. The van der Waals surface area contributed by atoms with E-state index in [1.54, 1.807) is 0 Å². The lowest BCUT2D eigenvalue weighted by atomic mass is 10.2. The molecule has 21 heavy (non-hydrogen) atoms. The zero-order valence-corrected chi connectivity index (χ0v) is 12.2. The fourth-order valence-corrected chi connectivity index (χ4v) is 2.11. The molecule has 2 heterocycles. The molecule has 0 aliphatic heterocycles. The van der Waals surface area contributed by atoms with Gasteiger partial charge in [-0.25, -0.2) is 4.98 Å². The molecule has 5 nitrogen and oxygen atoms in total. The van der Waals surface area contributed by atoms with Crippen molar-refractivity contribution in [2.24, 2.45) is 0 Å². The van der Waals surface area contributed by atoms with Gasteiger partial charge in [-0.3, -0.25) is 0 Å². The molecular formula is C16H18N4O. The lowest BCUT2D eigenvalue weighted by molar-refractivity contribution is 0.483. The third-order valence-electron chi connectivity index (χ3n) is 3.18. The van der Waals surface area contributed by atoms with Crippen molar-refractivity contribution in [1.82, 2.24) is 20.5 Å². The molecule has 0 aliphatic carbocycles. The van der Waals surface area contributed by atoms with Gasteiger partial charge in [0, 0.05) is 24.4 Å². The fourth-order valence-electron chi connectivity index (χ4n) is 2.11. The Bertz CT molecular complexity index is 736. The second-order valence-electron chi connectivity index (χ2n) is 5.25. The highest BCUT2D eigenvalue weighted by molar-refractivity contribution is 5.80. The monoisotopic (exact) mass is 282 g/mol. The van der Waals surface area contributed by atoms with Gasteiger partial charge in [0.2, 0.25) is 5.89 Å². The zero-order chi connectivity index (χ0) is 14.7. The standard InChI is InChI=1S/C16H18N4O/c1-11(2)17-10-9-15-19-20-16(21-15)14-8-7-12-5-3-4-6-13(12)18-14/h3-8,11,17H,9-10H2,1-2H3. The molecule has 0 spiro atoms. The normalized spacial score (nSPS) is 11.4. The SMILES string of the molecule is CC(C)NCCc1nnc(-c2ccc3ccccc3n2)o1. The first-order valence-corrected chi connectivity index (χ1v) is 7.14. The quantitative estimate of drug-likeness (QED) is 0.779. The molecule has 0 saturated heterocycles. The topological polar surface area (TPSA) is 63.8 Å². The molecule has 1 N–H and O–H groups in total. The van der Waals surface area contributed by atoms with Crippen LogP contribution in [0.25, 0.3) is 22.5 Å². The van der Waals surface area contributed by atoms with Crippen LogP contribution in [0.2, 0.25) is 0 Å². The van der Waals surface area contributed by atoms with Crippen molar-refractivity contribution in [3.63, 3.8) is 0 Å². The zero-order valence-electron chi connectivity index (χ0n) is 12.2. The van der Waals surface area contributed by atoms with E-state index in [-0.39, 0.29) is 0 Å². The van der Waals surface area contributed by atoms with Gasteiger partial charge in [-0.15, -0.1) is 10.2 Å². The Morgan fingerprint density at radius 1 is 1.10 bits per heavy atom. The fraction of sp³-hybridized carbons (Fsp3) is 0.312. The maximum Gasteiger partial charge on any atom is 0.266 e. The van der Waals surface area contributed by atoms with Gasteiger partial charge in [0.25, 0.3) is 5.89 Å². The minimum Gasteiger partial charge on any atom is -0.419 e. The molecule has 0 unspecified atom stereocenters. The highest BCUT2D eigenvalue weighted by Gasteiger charge is 2.10. The maximum absolute atomic E-state index is 5.68. The highest BCUT2D eigenvalue weighted by atomic mass is 16.4. The summed E-state index contributed by atoms with van der Waals surface area (Å²) in [6, 6.07) is 12.3. The lowest BCUT2D eigenvalue weighted by Gasteiger charge is -2.04. The average molecular weight is 282 g/mol. The van der Waals surface area contributed by atoms with Crippen LogP contribution in [0.5, 0.6) is 0 Å². The van der Waals surface area contributed by atoms with E-state index < -0.39 is 0 Å². The largest absolute Gasteiger partial charge is 0.419 e. The van der Waals surface area contributed by atoms with Gasteiger partial charge >= 0.3 is 0 Å². The van der Waals surface area contributed by atoms with Gasteiger partial charge in [-0.05, 0) is 12.1 Å². The van der Waals surface area contributed by atoms with Gasteiger partial charge in [-0.1, -0.05) is 38.1 Å². The molecular weight excluding hydrogens is 264 g/mol. The summed E-state index contributed by atoms with van der Waals surface area (Å²) in [6.45, 7) is 5.04.